The van der Waals surface area contributed by atoms with Gasteiger partial charge in [0.05, 0.1) is 19.8 Å². The normalized spacial score (nSPS) is 12.0. The smallest absolute Gasteiger partial charge is 0.119 e. The summed E-state index contributed by atoms with van der Waals surface area (Å²) in [5.41, 5.74) is 8.36. The molecule has 2 rings (SSSR count). The summed E-state index contributed by atoms with van der Waals surface area (Å²) < 4.78 is 11.7. The molecule has 0 amide bonds. The first kappa shape index (κ1) is 14.9. The number of nitrogens with two attached hydrogens (primary N) is 1. The zero-order valence-corrected chi connectivity index (χ0v) is 13.2. The fourth-order valence-corrected chi connectivity index (χ4v) is 2.50. The lowest BCUT2D eigenvalue weighted by Gasteiger charge is -2.16. The number of hydrogen-bond donors (Lipinski definition) is 1. The first-order valence-corrected chi connectivity index (χ1v) is 7.26. The minimum atomic E-state index is -0.213. The first-order valence-electron chi connectivity index (χ1n) is 6.47. The molecule has 0 spiro atoms. The maximum atomic E-state index is 6.34. The van der Waals surface area contributed by atoms with Crippen LogP contribution in [0.25, 0.3) is 0 Å². The predicted octanol–water partition coefficient (Wildman–Crippen LogP) is 3.90. The zero-order chi connectivity index (χ0) is 14.5. The number of hydrogen-bond acceptors (Lipinski definition) is 3. The highest BCUT2D eigenvalue weighted by Crippen LogP contribution is 2.30. The Bertz CT molecular complexity index is 569. The standard InChI is InChI=1S/C16H18BrNO2/c1-3-20-12-6-4-11(5-7-12)16(18)14-10-13(19-2)8-9-15(14)17/h4-10,16H,3,18H2,1-2H3. The quantitative estimate of drug-likeness (QED) is 0.900. The maximum absolute atomic E-state index is 6.34. The van der Waals surface area contributed by atoms with E-state index in [9.17, 15) is 0 Å². The highest BCUT2D eigenvalue weighted by Gasteiger charge is 2.13. The molecule has 0 saturated heterocycles. The van der Waals surface area contributed by atoms with E-state index in [1.807, 2.05) is 49.4 Å². The Morgan fingerprint density at radius 2 is 1.75 bits per heavy atom. The summed E-state index contributed by atoms with van der Waals surface area (Å²) in [6.07, 6.45) is 0. The molecule has 0 aromatic heterocycles. The summed E-state index contributed by atoms with van der Waals surface area (Å²) in [5.74, 6) is 1.65. The third-order valence-corrected chi connectivity index (χ3v) is 3.81. The molecule has 4 heteroatoms. The van der Waals surface area contributed by atoms with Gasteiger partial charge in [-0.05, 0) is 48.4 Å². The van der Waals surface area contributed by atoms with Gasteiger partial charge < -0.3 is 15.2 Å². The van der Waals surface area contributed by atoms with Crippen molar-refractivity contribution in [3.63, 3.8) is 0 Å². The molecule has 0 aliphatic rings. The number of halogens is 1. The lowest BCUT2D eigenvalue weighted by Crippen LogP contribution is -2.12. The number of rotatable bonds is 5. The van der Waals surface area contributed by atoms with Crippen LogP contribution in [0.15, 0.2) is 46.9 Å². The Labute approximate surface area is 127 Å². The summed E-state index contributed by atoms with van der Waals surface area (Å²) in [6.45, 7) is 2.62. The van der Waals surface area contributed by atoms with Gasteiger partial charge in [-0.2, -0.15) is 0 Å². The lowest BCUT2D eigenvalue weighted by molar-refractivity contribution is 0.340. The molecule has 0 heterocycles. The molecule has 106 valence electrons. The number of benzene rings is 2. The van der Waals surface area contributed by atoms with E-state index >= 15 is 0 Å². The molecule has 2 aromatic carbocycles. The van der Waals surface area contributed by atoms with Gasteiger partial charge in [0, 0.05) is 4.47 Å². The molecule has 0 aliphatic carbocycles. The number of methoxy groups -OCH3 is 1. The number of ether oxygens (including phenoxy) is 2. The van der Waals surface area contributed by atoms with Crippen molar-refractivity contribution < 1.29 is 9.47 Å². The first-order chi connectivity index (χ1) is 9.65. The van der Waals surface area contributed by atoms with Gasteiger partial charge in [-0.3, -0.25) is 0 Å². The van der Waals surface area contributed by atoms with Gasteiger partial charge in [-0.1, -0.05) is 28.1 Å². The van der Waals surface area contributed by atoms with Crippen LogP contribution < -0.4 is 15.2 Å². The molecule has 20 heavy (non-hydrogen) atoms. The molecular weight excluding hydrogens is 318 g/mol. The van der Waals surface area contributed by atoms with Gasteiger partial charge in [0.1, 0.15) is 11.5 Å². The van der Waals surface area contributed by atoms with Crippen LogP contribution in [-0.2, 0) is 0 Å². The average molecular weight is 336 g/mol. The van der Waals surface area contributed by atoms with Crippen LogP contribution >= 0.6 is 15.9 Å². The van der Waals surface area contributed by atoms with Gasteiger partial charge in [-0.15, -0.1) is 0 Å². The Balaban J connectivity index is 2.28. The summed E-state index contributed by atoms with van der Waals surface area (Å²) >= 11 is 3.54. The molecule has 2 aromatic rings. The molecule has 0 fully saturated rings. The van der Waals surface area contributed by atoms with Crippen molar-refractivity contribution in [1.82, 2.24) is 0 Å². The van der Waals surface area contributed by atoms with E-state index in [2.05, 4.69) is 15.9 Å². The fraction of sp³-hybridized carbons (Fsp3) is 0.250. The minimum Gasteiger partial charge on any atom is -0.497 e. The molecular formula is C16H18BrNO2. The molecule has 1 atom stereocenters. The Hall–Kier alpha value is -1.52. The molecule has 0 saturated carbocycles. The zero-order valence-electron chi connectivity index (χ0n) is 11.6. The van der Waals surface area contributed by atoms with Gasteiger partial charge in [0.25, 0.3) is 0 Å². The van der Waals surface area contributed by atoms with Gasteiger partial charge >= 0.3 is 0 Å². The van der Waals surface area contributed by atoms with Crippen LogP contribution in [0.3, 0.4) is 0 Å². The summed E-state index contributed by atoms with van der Waals surface area (Å²) in [6, 6.07) is 13.4. The molecule has 0 bridgehead atoms. The monoisotopic (exact) mass is 335 g/mol. The van der Waals surface area contributed by atoms with Crippen molar-refractivity contribution in [2.75, 3.05) is 13.7 Å². The van der Waals surface area contributed by atoms with Gasteiger partial charge in [-0.25, -0.2) is 0 Å². The van der Waals surface area contributed by atoms with Crippen LogP contribution in [0.1, 0.15) is 24.1 Å². The SMILES string of the molecule is CCOc1ccc(C(N)c2cc(OC)ccc2Br)cc1. The van der Waals surface area contributed by atoms with Crippen molar-refractivity contribution in [1.29, 1.82) is 0 Å². The van der Waals surface area contributed by atoms with Crippen molar-refractivity contribution in [3.05, 3.63) is 58.1 Å². The van der Waals surface area contributed by atoms with Gasteiger partial charge in [0.15, 0.2) is 0 Å². The van der Waals surface area contributed by atoms with Crippen LogP contribution in [0.2, 0.25) is 0 Å². The maximum Gasteiger partial charge on any atom is 0.119 e. The second-order valence-electron chi connectivity index (χ2n) is 4.37. The van der Waals surface area contributed by atoms with Gasteiger partial charge in [0.2, 0.25) is 0 Å². The highest BCUT2D eigenvalue weighted by molar-refractivity contribution is 9.10. The summed E-state index contributed by atoms with van der Waals surface area (Å²) in [4.78, 5) is 0. The average Bonchev–Trinajstić information content (AvgIpc) is 2.48. The minimum absolute atomic E-state index is 0.213. The van der Waals surface area contributed by atoms with E-state index in [-0.39, 0.29) is 6.04 Å². The van der Waals surface area contributed by atoms with Crippen molar-refractivity contribution >= 4 is 15.9 Å². The third-order valence-electron chi connectivity index (χ3n) is 3.09. The summed E-state index contributed by atoms with van der Waals surface area (Å²) in [5, 5.41) is 0. The second-order valence-corrected chi connectivity index (χ2v) is 5.22. The third kappa shape index (κ3) is 3.32. The topological polar surface area (TPSA) is 44.5 Å². The van der Waals surface area contributed by atoms with Crippen LogP contribution in [0.5, 0.6) is 11.5 Å². The van der Waals surface area contributed by atoms with E-state index in [0.717, 1.165) is 27.1 Å². The van der Waals surface area contributed by atoms with Crippen molar-refractivity contribution in [3.8, 4) is 11.5 Å². The van der Waals surface area contributed by atoms with Crippen LogP contribution in [0, 0.1) is 0 Å². The molecule has 0 aliphatic heterocycles. The Morgan fingerprint density at radius 3 is 2.35 bits per heavy atom. The highest BCUT2D eigenvalue weighted by atomic mass is 79.9. The lowest BCUT2D eigenvalue weighted by atomic mass is 9.99. The van der Waals surface area contributed by atoms with E-state index in [0.29, 0.717) is 6.61 Å². The molecule has 0 radical (unpaired) electrons. The Morgan fingerprint density at radius 1 is 1.10 bits per heavy atom. The largest absolute Gasteiger partial charge is 0.497 e. The predicted molar refractivity (Wildman–Crippen MR) is 84.3 cm³/mol. The van der Waals surface area contributed by atoms with Crippen molar-refractivity contribution in [2.45, 2.75) is 13.0 Å². The Kier molecular flexibility index (Phi) is 5.04. The summed E-state index contributed by atoms with van der Waals surface area (Å²) in [7, 11) is 1.65. The molecule has 3 nitrogen and oxygen atoms in total. The molecule has 1 unspecified atom stereocenters. The van der Waals surface area contributed by atoms with Crippen LogP contribution in [-0.4, -0.2) is 13.7 Å². The molecule has 2 N–H and O–H groups in total. The van der Waals surface area contributed by atoms with E-state index in [1.165, 1.54) is 0 Å². The van der Waals surface area contributed by atoms with E-state index in [4.69, 9.17) is 15.2 Å². The van der Waals surface area contributed by atoms with E-state index in [1.54, 1.807) is 7.11 Å². The van der Waals surface area contributed by atoms with Crippen LogP contribution in [0.4, 0.5) is 0 Å². The fourth-order valence-electron chi connectivity index (χ4n) is 2.00. The van der Waals surface area contributed by atoms with Crippen molar-refractivity contribution in [2.24, 2.45) is 5.73 Å². The van der Waals surface area contributed by atoms with E-state index < -0.39 is 0 Å². The second kappa shape index (κ2) is 6.77.